The number of nitrogens with zero attached hydrogens (tertiary/aromatic N) is 1. The lowest BCUT2D eigenvalue weighted by Crippen LogP contribution is -2.46. The normalized spacial score (nSPS) is 16.1. The van der Waals surface area contributed by atoms with Gasteiger partial charge in [-0.25, -0.2) is 4.39 Å². The van der Waals surface area contributed by atoms with Gasteiger partial charge in [0.15, 0.2) is 0 Å². The summed E-state index contributed by atoms with van der Waals surface area (Å²) in [6, 6.07) is 3.48. The second-order valence-corrected chi connectivity index (χ2v) is 5.58. The van der Waals surface area contributed by atoms with Crippen LogP contribution in [0, 0.1) is 11.7 Å². The van der Waals surface area contributed by atoms with E-state index in [2.05, 4.69) is 5.32 Å². The number of rotatable bonds is 3. The molecule has 0 radical (unpaired) electrons. The Bertz CT molecular complexity index is 605. The molecule has 0 aliphatic carbocycles. The third kappa shape index (κ3) is 4.15. The van der Waals surface area contributed by atoms with Crippen molar-refractivity contribution in [3.8, 4) is 5.75 Å². The second kappa shape index (κ2) is 7.06. The van der Waals surface area contributed by atoms with Crippen molar-refractivity contribution in [1.82, 2.24) is 10.2 Å². The van der Waals surface area contributed by atoms with Crippen molar-refractivity contribution >= 4 is 11.8 Å². The largest absolute Gasteiger partial charge is 0.507 e. The first-order chi connectivity index (χ1) is 11.2. The lowest BCUT2D eigenvalue weighted by atomic mass is 9.96. The Morgan fingerprint density at radius 1 is 1.25 bits per heavy atom. The fraction of sp³-hybridized carbons (Fsp3) is 0.467. The zero-order chi connectivity index (χ0) is 17.9. The van der Waals surface area contributed by atoms with Gasteiger partial charge in [0.2, 0.25) is 0 Å². The van der Waals surface area contributed by atoms with Gasteiger partial charge in [0.1, 0.15) is 17.1 Å². The van der Waals surface area contributed by atoms with Crippen LogP contribution in [0.4, 0.5) is 17.6 Å². The summed E-state index contributed by atoms with van der Waals surface area (Å²) in [5.74, 6) is -4.13. The van der Waals surface area contributed by atoms with E-state index in [0.29, 0.717) is 12.8 Å². The van der Waals surface area contributed by atoms with E-state index in [1.54, 1.807) is 0 Å². The molecule has 2 rings (SSSR count). The summed E-state index contributed by atoms with van der Waals surface area (Å²) < 4.78 is 50.6. The van der Waals surface area contributed by atoms with Crippen molar-refractivity contribution in [1.29, 1.82) is 0 Å². The molecule has 1 aliphatic rings. The predicted octanol–water partition coefficient (Wildman–Crippen LogP) is 2.06. The van der Waals surface area contributed by atoms with E-state index in [1.807, 2.05) is 0 Å². The Labute approximate surface area is 135 Å². The van der Waals surface area contributed by atoms with Crippen molar-refractivity contribution in [2.75, 3.05) is 19.6 Å². The highest BCUT2D eigenvalue weighted by Gasteiger charge is 2.43. The van der Waals surface area contributed by atoms with E-state index in [1.165, 1.54) is 12.1 Å². The Hall–Kier alpha value is -2.32. The minimum atomic E-state index is -4.89. The molecule has 0 aromatic heterocycles. The summed E-state index contributed by atoms with van der Waals surface area (Å²) in [5.41, 5.74) is -0.470. The summed E-state index contributed by atoms with van der Waals surface area (Å²) in [7, 11) is 0. The molecule has 0 atom stereocenters. The summed E-state index contributed by atoms with van der Waals surface area (Å²) in [6.45, 7) is 0.0221. The molecule has 132 valence electrons. The van der Waals surface area contributed by atoms with E-state index in [-0.39, 0.29) is 25.6 Å². The zero-order valence-corrected chi connectivity index (χ0v) is 12.6. The van der Waals surface area contributed by atoms with Gasteiger partial charge in [-0.15, -0.1) is 0 Å². The lowest BCUT2D eigenvalue weighted by Gasteiger charge is -2.32. The van der Waals surface area contributed by atoms with Crippen molar-refractivity contribution in [2.45, 2.75) is 19.0 Å². The smallest absolute Gasteiger partial charge is 0.471 e. The highest BCUT2D eigenvalue weighted by molar-refractivity contribution is 5.97. The molecule has 1 heterocycles. The van der Waals surface area contributed by atoms with Gasteiger partial charge in [0.05, 0.1) is 0 Å². The number of hydrogen-bond donors (Lipinski definition) is 2. The molecular weight excluding hydrogens is 332 g/mol. The lowest BCUT2D eigenvalue weighted by molar-refractivity contribution is -0.186. The van der Waals surface area contributed by atoms with Crippen LogP contribution in [0.3, 0.4) is 0 Å². The molecule has 2 N–H and O–H groups in total. The van der Waals surface area contributed by atoms with Gasteiger partial charge in [-0.2, -0.15) is 13.2 Å². The molecule has 1 fully saturated rings. The number of phenols is 1. The van der Waals surface area contributed by atoms with Gasteiger partial charge in [-0.1, -0.05) is 6.07 Å². The van der Waals surface area contributed by atoms with Crippen molar-refractivity contribution < 1.29 is 32.3 Å². The van der Waals surface area contributed by atoms with E-state index >= 15 is 0 Å². The number of alkyl halides is 3. The number of aromatic hydroxyl groups is 1. The number of phenolic OH excluding ortho intramolecular Hbond substituents is 1. The van der Waals surface area contributed by atoms with Crippen LogP contribution in [0.5, 0.6) is 5.75 Å². The molecule has 24 heavy (non-hydrogen) atoms. The summed E-state index contributed by atoms with van der Waals surface area (Å²) in [5, 5.41) is 12.0. The average Bonchev–Trinajstić information content (AvgIpc) is 2.51. The van der Waals surface area contributed by atoms with Gasteiger partial charge < -0.3 is 15.3 Å². The van der Waals surface area contributed by atoms with Crippen LogP contribution < -0.4 is 5.32 Å². The van der Waals surface area contributed by atoms with Crippen LogP contribution in [-0.2, 0) is 4.79 Å². The van der Waals surface area contributed by atoms with Gasteiger partial charge in [-0.3, -0.25) is 9.59 Å². The van der Waals surface area contributed by atoms with Gasteiger partial charge >= 0.3 is 12.1 Å². The molecule has 1 aromatic rings. The van der Waals surface area contributed by atoms with Crippen molar-refractivity contribution in [3.63, 3.8) is 0 Å². The van der Waals surface area contributed by atoms with Crippen LogP contribution in [0.15, 0.2) is 18.2 Å². The molecule has 1 aromatic carbocycles. The highest BCUT2D eigenvalue weighted by atomic mass is 19.4. The Kier molecular flexibility index (Phi) is 5.30. The van der Waals surface area contributed by atoms with E-state index in [0.717, 1.165) is 11.0 Å². The van der Waals surface area contributed by atoms with E-state index in [9.17, 15) is 32.3 Å². The Morgan fingerprint density at radius 2 is 1.88 bits per heavy atom. The highest BCUT2D eigenvalue weighted by Crippen LogP contribution is 2.24. The molecule has 0 unspecified atom stereocenters. The predicted molar refractivity (Wildman–Crippen MR) is 75.8 cm³/mol. The molecule has 1 aliphatic heterocycles. The molecule has 0 spiro atoms. The van der Waals surface area contributed by atoms with Crippen molar-refractivity contribution in [3.05, 3.63) is 29.6 Å². The number of likely N-dealkylation sites (tertiary alicyclic amines) is 1. The third-order valence-electron chi connectivity index (χ3n) is 3.91. The Morgan fingerprint density at radius 3 is 2.42 bits per heavy atom. The summed E-state index contributed by atoms with van der Waals surface area (Å²) in [4.78, 5) is 23.8. The summed E-state index contributed by atoms with van der Waals surface area (Å²) >= 11 is 0. The number of benzene rings is 1. The molecule has 0 saturated carbocycles. The van der Waals surface area contributed by atoms with Crippen molar-refractivity contribution in [2.24, 2.45) is 5.92 Å². The minimum absolute atomic E-state index is 0.0518. The maximum Gasteiger partial charge on any atom is 0.471 e. The first-order valence-corrected chi connectivity index (χ1v) is 7.32. The molecular formula is C15H16F4N2O3. The van der Waals surface area contributed by atoms with Gasteiger partial charge in [0, 0.05) is 19.6 Å². The van der Waals surface area contributed by atoms with E-state index in [4.69, 9.17) is 0 Å². The minimum Gasteiger partial charge on any atom is -0.507 e. The molecule has 0 bridgehead atoms. The number of halogens is 4. The van der Waals surface area contributed by atoms with Gasteiger partial charge in [0.25, 0.3) is 5.91 Å². The van der Waals surface area contributed by atoms with Crippen LogP contribution >= 0.6 is 0 Å². The molecule has 1 saturated heterocycles. The zero-order valence-electron chi connectivity index (χ0n) is 12.6. The first kappa shape index (κ1) is 18.0. The monoisotopic (exact) mass is 348 g/mol. The fourth-order valence-electron chi connectivity index (χ4n) is 2.58. The second-order valence-electron chi connectivity index (χ2n) is 5.58. The van der Waals surface area contributed by atoms with Crippen LogP contribution in [0.2, 0.25) is 0 Å². The third-order valence-corrected chi connectivity index (χ3v) is 3.91. The topological polar surface area (TPSA) is 69.6 Å². The quantitative estimate of drug-likeness (QED) is 0.822. The number of carbonyl (C=O) groups excluding carboxylic acids is 2. The average molecular weight is 348 g/mol. The maximum atomic E-state index is 13.5. The Balaban J connectivity index is 1.85. The van der Waals surface area contributed by atoms with Crippen LogP contribution in [-0.4, -0.2) is 47.6 Å². The maximum absolute atomic E-state index is 13.5. The molecule has 9 heteroatoms. The number of nitrogens with one attached hydrogen (secondary N) is 1. The number of carbonyl (C=O) groups is 2. The van der Waals surface area contributed by atoms with Crippen LogP contribution in [0.1, 0.15) is 23.2 Å². The summed E-state index contributed by atoms with van der Waals surface area (Å²) in [6.07, 6.45) is -4.29. The van der Waals surface area contributed by atoms with Crippen LogP contribution in [0.25, 0.3) is 0 Å². The fourth-order valence-corrected chi connectivity index (χ4v) is 2.58. The number of amides is 2. The molecule has 5 nitrogen and oxygen atoms in total. The van der Waals surface area contributed by atoms with Gasteiger partial charge in [-0.05, 0) is 30.9 Å². The SMILES string of the molecule is O=C(NCC1CCN(C(=O)C(F)(F)F)CC1)c1c(O)cccc1F. The first-order valence-electron chi connectivity index (χ1n) is 7.32. The standard InChI is InChI=1S/C15H16F4N2O3/c16-10-2-1-3-11(22)12(10)13(23)20-8-9-4-6-21(7-5-9)14(24)15(17,18)19/h1-3,9,22H,4-8H2,(H,20,23). The van der Waals surface area contributed by atoms with E-state index < -0.39 is 35.1 Å². The molecule has 2 amide bonds. The number of piperidine rings is 1. The number of hydrogen-bond acceptors (Lipinski definition) is 3.